The molecule has 84 valence electrons. The Labute approximate surface area is 91.9 Å². The van der Waals surface area contributed by atoms with Crippen molar-refractivity contribution in [3.63, 3.8) is 0 Å². The van der Waals surface area contributed by atoms with Crippen molar-refractivity contribution in [2.75, 3.05) is 6.54 Å². The second-order valence-electron chi connectivity index (χ2n) is 4.74. The summed E-state index contributed by atoms with van der Waals surface area (Å²) in [4.78, 5) is 4.37. The van der Waals surface area contributed by atoms with Crippen LogP contribution >= 0.6 is 0 Å². The number of nitrogens with zero attached hydrogens (tertiary/aromatic N) is 2. The van der Waals surface area contributed by atoms with Gasteiger partial charge in [0.1, 0.15) is 5.82 Å². The molecule has 0 amide bonds. The molecule has 1 aromatic rings. The molecule has 1 fully saturated rings. The molecule has 1 N–H and O–H groups in total. The molecule has 0 saturated carbocycles. The number of nitrogens with one attached hydrogen (secondary N) is 1. The van der Waals surface area contributed by atoms with Gasteiger partial charge in [0.25, 0.3) is 0 Å². The number of imidazole rings is 1. The second-order valence-corrected chi connectivity index (χ2v) is 4.74. The fourth-order valence-corrected chi connectivity index (χ4v) is 2.47. The Morgan fingerprint density at radius 3 is 3.13 bits per heavy atom. The van der Waals surface area contributed by atoms with Crippen LogP contribution in [0.5, 0.6) is 0 Å². The summed E-state index contributed by atoms with van der Waals surface area (Å²) >= 11 is 0. The summed E-state index contributed by atoms with van der Waals surface area (Å²) in [5.41, 5.74) is 0. The fraction of sp³-hybridized carbons (Fsp3) is 0.750. The maximum atomic E-state index is 4.37. The summed E-state index contributed by atoms with van der Waals surface area (Å²) < 4.78 is 2.13. The molecule has 3 nitrogen and oxygen atoms in total. The standard InChI is InChI=1S/C12H21N3/c1-10-9-11(5-6-13-10)3-4-12-14-7-8-15(12)2/h7-8,10-11,13H,3-6,9H2,1-2H3. The summed E-state index contributed by atoms with van der Waals surface area (Å²) in [6.45, 7) is 3.47. The number of hydrogen-bond acceptors (Lipinski definition) is 2. The van der Waals surface area contributed by atoms with Crippen LogP contribution in [0.4, 0.5) is 0 Å². The molecule has 2 atom stereocenters. The summed E-state index contributed by atoms with van der Waals surface area (Å²) in [7, 11) is 2.08. The largest absolute Gasteiger partial charge is 0.338 e. The van der Waals surface area contributed by atoms with Crippen molar-refractivity contribution < 1.29 is 0 Å². The van der Waals surface area contributed by atoms with Crippen LogP contribution in [0.25, 0.3) is 0 Å². The smallest absolute Gasteiger partial charge is 0.108 e. The Morgan fingerprint density at radius 1 is 1.60 bits per heavy atom. The average Bonchev–Trinajstić information content (AvgIpc) is 2.61. The van der Waals surface area contributed by atoms with Crippen LogP contribution in [-0.2, 0) is 13.5 Å². The Hall–Kier alpha value is -0.830. The van der Waals surface area contributed by atoms with Crippen molar-refractivity contribution in [1.82, 2.24) is 14.9 Å². The molecule has 0 aromatic carbocycles. The molecule has 1 saturated heterocycles. The number of rotatable bonds is 3. The monoisotopic (exact) mass is 207 g/mol. The number of aromatic nitrogens is 2. The molecule has 1 aromatic heterocycles. The van der Waals surface area contributed by atoms with E-state index in [9.17, 15) is 0 Å². The fourth-order valence-electron chi connectivity index (χ4n) is 2.47. The zero-order valence-corrected chi connectivity index (χ0v) is 9.74. The van der Waals surface area contributed by atoms with Gasteiger partial charge >= 0.3 is 0 Å². The van der Waals surface area contributed by atoms with Gasteiger partial charge in [-0.15, -0.1) is 0 Å². The van der Waals surface area contributed by atoms with Gasteiger partial charge in [-0.3, -0.25) is 0 Å². The highest BCUT2D eigenvalue weighted by Gasteiger charge is 2.18. The number of piperidine rings is 1. The molecule has 2 rings (SSSR count). The predicted octanol–water partition coefficient (Wildman–Crippen LogP) is 1.74. The van der Waals surface area contributed by atoms with Crippen LogP contribution in [0.1, 0.15) is 32.0 Å². The van der Waals surface area contributed by atoms with Gasteiger partial charge in [-0.25, -0.2) is 4.98 Å². The third-order valence-electron chi connectivity index (χ3n) is 3.43. The van der Waals surface area contributed by atoms with Crippen LogP contribution in [0.3, 0.4) is 0 Å². The van der Waals surface area contributed by atoms with Crippen molar-refractivity contribution in [2.45, 2.75) is 38.6 Å². The molecule has 2 heterocycles. The van der Waals surface area contributed by atoms with E-state index in [1.807, 2.05) is 12.4 Å². The minimum absolute atomic E-state index is 0.699. The van der Waals surface area contributed by atoms with E-state index in [1.165, 1.54) is 31.6 Å². The molecule has 2 unspecified atom stereocenters. The van der Waals surface area contributed by atoms with E-state index < -0.39 is 0 Å². The van der Waals surface area contributed by atoms with Crippen LogP contribution in [0, 0.1) is 5.92 Å². The van der Waals surface area contributed by atoms with Crippen LogP contribution in [0.15, 0.2) is 12.4 Å². The van der Waals surface area contributed by atoms with Crippen molar-refractivity contribution in [3.8, 4) is 0 Å². The molecular formula is C12H21N3. The Morgan fingerprint density at radius 2 is 2.47 bits per heavy atom. The minimum Gasteiger partial charge on any atom is -0.338 e. The second kappa shape index (κ2) is 4.79. The van der Waals surface area contributed by atoms with E-state index in [0.29, 0.717) is 6.04 Å². The van der Waals surface area contributed by atoms with Gasteiger partial charge in [0.05, 0.1) is 0 Å². The Balaban J connectivity index is 1.80. The maximum absolute atomic E-state index is 4.37. The predicted molar refractivity (Wildman–Crippen MR) is 61.7 cm³/mol. The van der Waals surface area contributed by atoms with E-state index >= 15 is 0 Å². The van der Waals surface area contributed by atoms with Crippen LogP contribution in [-0.4, -0.2) is 22.1 Å². The molecule has 0 bridgehead atoms. The summed E-state index contributed by atoms with van der Waals surface area (Å²) in [5.74, 6) is 2.11. The van der Waals surface area contributed by atoms with E-state index in [2.05, 4.69) is 28.8 Å². The highest BCUT2D eigenvalue weighted by molar-refractivity contribution is 4.92. The first-order valence-electron chi connectivity index (χ1n) is 5.95. The third-order valence-corrected chi connectivity index (χ3v) is 3.43. The van der Waals surface area contributed by atoms with Gasteiger partial charge in [0.2, 0.25) is 0 Å². The van der Waals surface area contributed by atoms with Gasteiger partial charge in [-0.2, -0.15) is 0 Å². The first-order chi connectivity index (χ1) is 7.25. The average molecular weight is 207 g/mol. The summed E-state index contributed by atoms with van der Waals surface area (Å²) in [6, 6.07) is 0.699. The normalized spacial score (nSPS) is 26.8. The molecular weight excluding hydrogens is 186 g/mol. The molecule has 15 heavy (non-hydrogen) atoms. The van der Waals surface area contributed by atoms with Crippen molar-refractivity contribution in [2.24, 2.45) is 13.0 Å². The SMILES string of the molecule is CC1CC(CCc2nccn2C)CCN1. The molecule has 0 radical (unpaired) electrons. The lowest BCUT2D eigenvalue weighted by Gasteiger charge is -2.27. The molecule has 0 aliphatic carbocycles. The number of aryl methyl sites for hydroxylation is 2. The van der Waals surface area contributed by atoms with E-state index in [0.717, 1.165) is 12.3 Å². The van der Waals surface area contributed by atoms with Crippen LogP contribution < -0.4 is 5.32 Å². The Bertz CT molecular complexity index is 306. The van der Waals surface area contributed by atoms with E-state index in [-0.39, 0.29) is 0 Å². The quantitative estimate of drug-likeness (QED) is 0.818. The zero-order chi connectivity index (χ0) is 10.7. The van der Waals surface area contributed by atoms with Crippen molar-refractivity contribution in [3.05, 3.63) is 18.2 Å². The maximum Gasteiger partial charge on any atom is 0.108 e. The van der Waals surface area contributed by atoms with E-state index in [1.54, 1.807) is 0 Å². The van der Waals surface area contributed by atoms with Crippen molar-refractivity contribution >= 4 is 0 Å². The van der Waals surface area contributed by atoms with Gasteiger partial charge in [-0.1, -0.05) is 0 Å². The van der Waals surface area contributed by atoms with Gasteiger partial charge in [0, 0.05) is 31.9 Å². The first kappa shape index (κ1) is 10.7. The number of hydrogen-bond donors (Lipinski definition) is 1. The lowest BCUT2D eigenvalue weighted by Crippen LogP contribution is -2.35. The summed E-state index contributed by atoms with van der Waals surface area (Å²) in [5, 5.41) is 3.50. The Kier molecular flexibility index (Phi) is 3.41. The molecule has 1 aliphatic rings. The topological polar surface area (TPSA) is 29.9 Å². The highest BCUT2D eigenvalue weighted by Crippen LogP contribution is 2.21. The van der Waals surface area contributed by atoms with Crippen LogP contribution in [0.2, 0.25) is 0 Å². The first-order valence-corrected chi connectivity index (χ1v) is 5.95. The lowest BCUT2D eigenvalue weighted by molar-refractivity contribution is 0.299. The van der Waals surface area contributed by atoms with Gasteiger partial charge in [-0.05, 0) is 38.6 Å². The van der Waals surface area contributed by atoms with Crippen molar-refractivity contribution in [1.29, 1.82) is 0 Å². The highest BCUT2D eigenvalue weighted by atomic mass is 15.0. The summed E-state index contributed by atoms with van der Waals surface area (Å²) in [6.07, 6.45) is 8.98. The lowest BCUT2D eigenvalue weighted by atomic mass is 9.89. The van der Waals surface area contributed by atoms with Gasteiger partial charge < -0.3 is 9.88 Å². The zero-order valence-electron chi connectivity index (χ0n) is 9.74. The van der Waals surface area contributed by atoms with Gasteiger partial charge in [0.15, 0.2) is 0 Å². The molecule has 0 spiro atoms. The minimum atomic E-state index is 0.699. The third kappa shape index (κ3) is 2.81. The van der Waals surface area contributed by atoms with E-state index in [4.69, 9.17) is 0 Å². The molecule has 1 aliphatic heterocycles. The molecule has 3 heteroatoms.